The summed E-state index contributed by atoms with van der Waals surface area (Å²) in [4.78, 5) is 13.8. The summed E-state index contributed by atoms with van der Waals surface area (Å²) in [6.07, 6.45) is 5.18. The Balaban J connectivity index is 2.01. The molecule has 1 unspecified atom stereocenters. The SMILES string of the molecule is O=C(c1ccoc1)N1CCCC(CCl)C1. The molecule has 0 saturated carbocycles. The Morgan fingerprint density at radius 1 is 1.67 bits per heavy atom. The second-order valence-corrected chi connectivity index (χ2v) is 4.23. The third-order valence-corrected chi connectivity index (χ3v) is 3.23. The molecular formula is C11H14ClNO2. The maximum atomic E-state index is 11.9. The molecule has 1 atom stereocenters. The fourth-order valence-corrected chi connectivity index (χ4v) is 2.20. The van der Waals surface area contributed by atoms with Crippen LogP contribution in [0.2, 0.25) is 0 Å². The number of rotatable bonds is 2. The predicted octanol–water partition coefficient (Wildman–Crippen LogP) is 2.37. The highest BCUT2D eigenvalue weighted by molar-refractivity contribution is 6.18. The van der Waals surface area contributed by atoms with Gasteiger partial charge in [-0.15, -0.1) is 11.6 Å². The molecule has 1 aliphatic heterocycles. The number of nitrogens with zero attached hydrogens (tertiary/aromatic N) is 1. The normalized spacial score (nSPS) is 21.7. The first kappa shape index (κ1) is 10.6. The van der Waals surface area contributed by atoms with E-state index in [1.54, 1.807) is 6.07 Å². The van der Waals surface area contributed by atoms with Crippen LogP contribution in [-0.4, -0.2) is 29.8 Å². The molecule has 0 bridgehead atoms. The van der Waals surface area contributed by atoms with Gasteiger partial charge in [-0.05, 0) is 24.8 Å². The molecule has 2 heterocycles. The van der Waals surface area contributed by atoms with Gasteiger partial charge in [0.1, 0.15) is 6.26 Å². The molecule has 1 aromatic rings. The number of carbonyl (C=O) groups is 1. The third-order valence-electron chi connectivity index (χ3n) is 2.79. The third kappa shape index (κ3) is 2.34. The Hall–Kier alpha value is -0.960. The molecular weight excluding hydrogens is 214 g/mol. The van der Waals surface area contributed by atoms with Crippen LogP contribution in [0.5, 0.6) is 0 Å². The number of hydrogen-bond donors (Lipinski definition) is 0. The molecule has 0 spiro atoms. The van der Waals surface area contributed by atoms with Crippen molar-refractivity contribution in [1.29, 1.82) is 0 Å². The Kier molecular flexibility index (Phi) is 3.31. The van der Waals surface area contributed by atoms with Crippen LogP contribution in [0.15, 0.2) is 23.0 Å². The van der Waals surface area contributed by atoms with Crippen LogP contribution in [0.4, 0.5) is 0 Å². The number of alkyl halides is 1. The Labute approximate surface area is 94.0 Å². The molecule has 0 radical (unpaired) electrons. The van der Waals surface area contributed by atoms with Gasteiger partial charge in [0, 0.05) is 19.0 Å². The van der Waals surface area contributed by atoms with E-state index >= 15 is 0 Å². The zero-order chi connectivity index (χ0) is 10.7. The first-order valence-corrected chi connectivity index (χ1v) is 5.72. The lowest BCUT2D eigenvalue weighted by molar-refractivity contribution is 0.0684. The van der Waals surface area contributed by atoms with Crippen molar-refractivity contribution in [3.8, 4) is 0 Å². The number of carbonyl (C=O) groups excluding carboxylic acids is 1. The topological polar surface area (TPSA) is 33.5 Å². The molecule has 3 nitrogen and oxygen atoms in total. The summed E-state index contributed by atoms with van der Waals surface area (Å²) in [6, 6.07) is 1.70. The summed E-state index contributed by atoms with van der Waals surface area (Å²) in [5.74, 6) is 1.13. The van der Waals surface area contributed by atoms with E-state index in [0.717, 1.165) is 25.9 Å². The maximum Gasteiger partial charge on any atom is 0.257 e. The quantitative estimate of drug-likeness (QED) is 0.727. The molecule has 1 aromatic heterocycles. The number of amides is 1. The monoisotopic (exact) mass is 227 g/mol. The standard InChI is InChI=1S/C11H14ClNO2/c12-6-9-2-1-4-13(7-9)11(14)10-3-5-15-8-10/h3,5,8-9H,1-2,4,6-7H2. The highest BCUT2D eigenvalue weighted by Crippen LogP contribution is 2.19. The van der Waals surface area contributed by atoms with Crippen LogP contribution >= 0.6 is 11.6 Å². The highest BCUT2D eigenvalue weighted by Gasteiger charge is 2.24. The van der Waals surface area contributed by atoms with E-state index in [0.29, 0.717) is 17.4 Å². The van der Waals surface area contributed by atoms with Gasteiger partial charge in [0.2, 0.25) is 0 Å². The lowest BCUT2D eigenvalue weighted by Crippen LogP contribution is -2.40. The van der Waals surface area contributed by atoms with E-state index in [-0.39, 0.29) is 5.91 Å². The zero-order valence-electron chi connectivity index (χ0n) is 8.49. The molecule has 1 aliphatic rings. The van der Waals surface area contributed by atoms with Crippen molar-refractivity contribution < 1.29 is 9.21 Å². The highest BCUT2D eigenvalue weighted by atomic mass is 35.5. The van der Waals surface area contributed by atoms with Crippen LogP contribution in [0.1, 0.15) is 23.2 Å². The van der Waals surface area contributed by atoms with Crippen LogP contribution in [0.3, 0.4) is 0 Å². The molecule has 2 rings (SSSR count). The van der Waals surface area contributed by atoms with E-state index in [1.807, 2.05) is 4.90 Å². The summed E-state index contributed by atoms with van der Waals surface area (Å²) in [5, 5.41) is 0. The van der Waals surface area contributed by atoms with E-state index in [2.05, 4.69) is 0 Å². The summed E-state index contributed by atoms with van der Waals surface area (Å²) >= 11 is 5.82. The first-order valence-electron chi connectivity index (χ1n) is 5.18. The fraction of sp³-hybridized carbons (Fsp3) is 0.545. The molecule has 4 heteroatoms. The van der Waals surface area contributed by atoms with Crippen LogP contribution < -0.4 is 0 Å². The van der Waals surface area contributed by atoms with E-state index in [1.165, 1.54) is 12.5 Å². The second-order valence-electron chi connectivity index (χ2n) is 3.93. The number of halogens is 1. The molecule has 82 valence electrons. The number of furan rings is 1. The van der Waals surface area contributed by atoms with E-state index in [4.69, 9.17) is 16.0 Å². The van der Waals surface area contributed by atoms with Gasteiger partial charge in [0.05, 0.1) is 11.8 Å². The van der Waals surface area contributed by atoms with Gasteiger partial charge >= 0.3 is 0 Å². The number of likely N-dealkylation sites (tertiary alicyclic amines) is 1. The lowest BCUT2D eigenvalue weighted by atomic mass is 9.99. The van der Waals surface area contributed by atoms with Crippen molar-refractivity contribution in [2.45, 2.75) is 12.8 Å². The number of hydrogen-bond acceptors (Lipinski definition) is 2. The first-order chi connectivity index (χ1) is 7.31. The van der Waals surface area contributed by atoms with Crippen molar-refractivity contribution in [3.05, 3.63) is 24.2 Å². The smallest absolute Gasteiger partial charge is 0.257 e. The average Bonchev–Trinajstić information content (AvgIpc) is 2.81. The summed E-state index contributed by atoms with van der Waals surface area (Å²) < 4.78 is 4.91. The molecule has 0 aliphatic carbocycles. The average molecular weight is 228 g/mol. The van der Waals surface area contributed by atoms with Crippen LogP contribution in [-0.2, 0) is 0 Å². The van der Waals surface area contributed by atoms with Gasteiger partial charge in [0.15, 0.2) is 0 Å². The Morgan fingerprint density at radius 2 is 2.53 bits per heavy atom. The van der Waals surface area contributed by atoms with Gasteiger partial charge in [-0.3, -0.25) is 4.79 Å². The van der Waals surface area contributed by atoms with Crippen molar-refractivity contribution in [2.24, 2.45) is 5.92 Å². The van der Waals surface area contributed by atoms with Crippen molar-refractivity contribution >= 4 is 17.5 Å². The van der Waals surface area contributed by atoms with Crippen molar-refractivity contribution in [3.63, 3.8) is 0 Å². The lowest BCUT2D eigenvalue weighted by Gasteiger charge is -2.31. The molecule has 1 amide bonds. The summed E-state index contributed by atoms with van der Waals surface area (Å²) in [6.45, 7) is 1.60. The van der Waals surface area contributed by atoms with Gasteiger partial charge in [-0.25, -0.2) is 0 Å². The molecule has 0 aromatic carbocycles. The maximum absolute atomic E-state index is 11.9. The molecule has 15 heavy (non-hydrogen) atoms. The Morgan fingerprint density at radius 3 is 3.20 bits per heavy atom. The van der Waals surface area contributed by atoms with Crippen molar-refractivity contribution in [2.75, 3.05) is 19.0 Å². The Bertz CT molecular complexity index is 323. The fourth-order valence-electron chi connectivity index (χ4n) is 1.94. The van der Waals surface area contributed by atoms with Gasteiger partial charge in [-0.1, -0.05) is 0 Å². The molecule has 0 N–H and O–H groups in total. The molecule has 1 fully saturated rings. The van der Waals surface area contributed by atoms with E-state index in [9.17, 15) is 4.79 Å². The van der Waals surface area contributed by atoms with Crippen LogP contribution in [0.25, 0.3) is 0 Å². The summed E-state index contributed by atoms with van der Waals surface area (Å²) in [5.41, 5.74) is 0.630. The van der Waals surface area contributed by atoms with Crippen LogP contribution in [0, 0.1) is 5.92 Å². The second kappa shape index (κ2) is 4.71. The zero-order valence-corrected chi connectivity index (χ0v) is 9.24. The minimum atomic E-state index is 0.0542. The number of piperidine rings is 1. The minimum absolute atomic E-state index is 0.0542. The van der Waals surface area contributed by atoms with Gasteiger partial charge in [-0.2, -0.15) is 0 Å². The molecule has 1 saturated heterocycles. The minimum Gasteiger partial charge on any atom is -0.472 e. The van der Waals surface area contributed by atoms with Crippen molar-refractivity contribution in [1.82, 2.24) is 4.90 Å². The van der Waals surface area contributed by atoms with E-state index < -0.39 is 0 Å². The largest absolute Gasteiger partial charge is 0.472 e. The summed E-state index contributed by atoms with van der Waals surface area (Å²) in [7, 11) is 0. The predicted molar refractivity (Wildman–Crippen MR) is 58.1 cm³/mol. The van der Waals surface area contributed by atoms with Gasteiger partial charge in [0.25, 0.3) is 5.91 Å². The van der Waals surface area contributed by atoms with Gasteiger partial charge < -0.3 is 9.32 Å².